The van der Waals surface area contributed by atoms with Crippen LogP contribution in [0.4, 0.5) is 5.95 Å². The molecule has 1 aromatic carbocycles. The largest absolute Gasteiger partial charge is 0.496 e. The fourth-order valence-corrected chi connectivity index (χ4v) is 3.34. The molecule has 0 bridgehead atoms. The van der Waals surface area contributed by atoms with Crippen molar-refractivity contribution >= 4 is 50.7 Å². The van der Waals surface area contributed by atoms with Crippen LogP contribution in [-0.2, 0) is 0 Å². The summed E-state index contributed by atoms with van der Waals surface area (Å²) in [5, 5.41) is 3.77. The number of nitrogens with two attached hydrogens (primary N) is 1. The van der Waals surface area contributed by atoms with Crippen LogP contribution < -0.4 is 10.5 Å². The Labute approximate surface area is 129 Å². The van der Waals surface area contributed by atoms with E-state index < -0.39 is 0 Å². The zero-order valence-electron chi connectivity index (χ0n) is 10.4. The van der Waals surface area contributed by atoms with Crippen molar-refractivity contribution in [3.05, 3.63) is 33.6 Å². The molecule has 3 aromatic rings. The number of ether oxygens (including phenoxy) is 1. The molecule has 102 valence electrons. The molecule has 0 radical (unpaired) electrons. The highest BCUT2D eigenvalue weighted by Gasteiger charge is 2.18. The van der Waals surface area contributed by atoms with Gasteiger partial charge in [0.25, 0.3) is 0 Å². The van der Waals surface area contributed by atoms with E-state index in [1.807, 2.05) is 11.4 Å². The molecule has 7 heteroatoms. The lowest BCUT2D eigenvalue weighted by atomic mass is 10.1. The summed E-state index contributed by atoms with van der Waals surface area (Å²) in [6.07, 6.45) is 0. The molecule has 0 saturated heterocycles. The van der Waals surface area contributed by atoms with Gasteiger partial charge in [0.1, 0.15) is 10.6 Å². The summed E-state index contributed by atoms with van der Waals surface area (Å²) in [6, 6.07) is 5.27. The van der Waals surface area contributed by atoms with Gasteiger partial charge in [-0.2, -0.15) is 0 Å². The summed E-state index contributed by atoms with van der Waals surface area (Å²) in [7, 11) is 1.56. The average molecular weight is 326 g/mol. The minimum Gasteiger partial charge on any atom is -0.496 e. The van der Waals surface area contributed by atoms with E-state index in [0.29, 0.717) is 27.1 Å². The number of thiophene rings is 1. The molecule has 0 aliphatic rings. The Hall–Kier alpha value is -1.56. The van der Waals surface area contributed by atoms with Crippen molar-refractivity contribution in [1.29, 1.82) is 0 Å². The SMILES string of the molecule is COc1cc(Cl)cc(Cl)c1-c1nc(N)nc2sccc12. The van der Waals surface area contributed by atoms with Crippen LogP contribution in [-0.4, -0.2) is 17.1 Å². The van der Waals surface area contributed by atoms with E-state index in [-0.39, 0.29) is 5.95 Å². The maximum absolute atomic E-state index is 6.31. The number of anilines is 1. The second-order valence-electron chi connectivity index (χ2n) is 4.03. The maximum Gasteiger partial charge on any atom is 0.221 e. The molecule has 2 heterocycles. The minimum absolute atomic E-state index is 0.197. The van der Waals surface area contributed by atoms with Crippen molar-refractivity contribution in [3.63, 3.8) is 0 Å². The van der Waals surface area contributed by atoms with Gasteiger partial charge in [-0.25, -0.2) is 9.97 Å². The Kier molecular flexibility index (Phi) is 3.41. The van der Waals surface area contributed by atoms with Crippen LogP contribution in [0.2, 0.25) is 10.0 Å². The molecular formula is C13H9Cl2N3OS. The first-order chi connectivity index (χ1) is 9.60. The van der Waals surface area contributed by atoms with Crippen LogP contribution in [0, 0.1) is 0 Å². The van der Waals surface area contributed by atoms with Crippen molar-refractivity contribution in [2.45, 2.75) is 0 Å². The molecular weight excluding hydrogens is 317 g/mol. The Morgan fingerprint density at radius 1 is 1.25 bits per heavy atom. The number of nitrogens with zero attached hydrogens (tertiary/aromatic N) is 2. The monoisotopic (exact) mass is 325 g/mol. The third kappa shape index (κ3) is 2.18. The fraction of sp³-hybridized carbons (Fsp3) is 0.0769. The lowest BCUT2D eigenvalue weighted by molar-refractivity contribution is 0.416. The predicted molar refractivity (Wildman–Crippen MR) is 83.8 cm³/mol. The third-order valence-electron chi connectivity index (χ3n) is 2.82. The second-order valence-corrected chi connectivity index (χ2v) is 5.77. The van der Waals surface area contributed by atoms with Gasteiger partial charge in [-0.15, -0.1) is 11.3 Å². The van der Waals surface area contributed by atoms with Crippen LogP contribution in [0.5, 0.6) is 5.75 Å². The second kappa shape index (κ2) is 5.09. The number of hydrogen-bond acceptors (Lipinski definition) is 5. The van der Waals surface area contributed by atoms with Crippen molar-refractivity contribution in [2.24, 2.45) is 0 Å². The first kappa shape index (κ1) is 13.4. The Balaban J connectivity index is 2.39. The minimum atomic E-state index is 0.197. The van der Waals surface area contributed by atoms with Crippen molar-refractivity contribution in [1.82, 2.24) is 9.97 Å². The van der Waals surface area contributed by atoms with Gasteiger partial charge in [0.15, 0.2) is 0 Å². The molecule has 2 N–H and O–H groups in total. The van der Waals surface area contributed by atoms with Gasteiger partial charge < -0.3 is 10.5 Å². The lowest BCUT2D eigenvalue weighted by Gasteiger charge is -2.12. The van der Waals surface area contributed by atoms with Gasteiger partial charge in [0.2, 0.25) is 5.95 Å². The first-order valence-electron chi connectivity index (χ1n) is 5.64. The van der Waals surface area contributed by atoms with E-state index in [0.717, 1.165) is 10.2 Å². The van der Waals surface area contributed by atoms with Crippen molar-refractivity contribution in [2.75, 3.05) is 12.8 Å². The predicted octanol–water partition coefficient (Wildman–Crippen LogP) is 4.26. The third-order valence-corrected chi connectivity index (χ3v) is 4.14. The van der Waals surface area contributed by atoms with Gasteiger partial charge in [0.05, 0.1) is 23.4 Å². The number of hydrogen-bond donors (Lipinski definition) is 1. The summed E-state index contributed by atoms with van der Waals surface area (Å²) >= 11 is 13.8. The zero-order chi connectivity index (χ0) is 14.3. The molecule has 0 aliphatic carbocycles. The van der Waals surface area contributed by atoms with Crippen LogP contribution in [0.25, 0.3) is 21.5 Å². The quantitative estimate of drug-likeness (QED) is 0.764. The number of aromatic nitrogens is 2. The fourth-order valence-electron chi connectivity index (χ4n) is 2.00. The highest BCUT2D eigenvalue weighted by molar-refractivity contribution is 7.16. The van der Waals surface area contributed by atoms with Crippen molar-refractivity contribution in [3.8, 4) is 17.0 Å². The molecule has 0 unspecified atom stereocenters. The number of halogens is 2. The van der Waals surface area contributed by atoms with E-state index in [1.54, 1.807) is 19.2 Å². The smallest absolute Gasteiger partial charge is 0.221 e. The molecule has 3 rings (SSSR count). The highest BCUT2D eigenvalue weighted by Crippen LogP contribution is 2.41. The first-order valence-corrected chi connectivity index (χ1v) is 7.28. The Bertz CT molecular complexity index is 804. The molecule has 4 nitrogen and oxygen atoms in total. The summed E-state index contributed by atoms with van der Waals surface area (Å²) < 4.78 is 5.36. The van der Waals surface area contributed by atoms with Gasteiger partial charge in [-0.1, -0.05) is 23.2 Å². The van der Waals surface area contributed by atoms with E-state index in [9.17, 15) is 0 Å². The van der Waals surface area contributed by atoms with Crippen LogP contribution in [0.1, 0.15) is 0 Å². The van der Waals surface area contributed by atoms with E-state index in [1.165, 1.54) is 11.3 Å². The standard InChI is InChI=1S/C13H9Cl2N3OS/c1-19-9-5-6(14)4-8(15)10(9)11-7-2-3-20-12(7)18-13(16)17-11/h2-5H,1H3,(H2,16,17,18). The normalized spacial score (nSPS) is 10.9. The van der Waals surface area contributed by atoms with E-state index >= 15 is 0 Å². The number of methoxy groups -OCH3 is 1. The Morgan fingerprint density at radius 2 is 2.05 bits per heavy atom. The highest BCUT2D eigenvalue weighted by atomic mass is 35.5. The molecule has 0 saturated carbocycles. The molecule has 0 amide bonds. The molecule has 0 fully saturated rings. The van der Waals surface area contributed by atoms with Gasteiger partial charge in [-0.3, -0.25) is 0 Å². The van der Waals surface area contributed by atoms with E-state index in [4.69, 9.17) is 33.7 Å². The van der Waals surface area contributed by atoms with Crippen LogP contribution in [0.15, 0.2) is 23.6 Å². The van der Waals surface area contributed by atoms with Gasteiger partial charge >= 0.3 is 0 Å². The van der Waals surface area contributed by atoms with E-state index in [2.05, 4.69) is 9.97 Å². The van der Waals surface area contributed by atoms with Crippen LogP contribution in [0.3, 0.4) is 0 Å². The summed E-state index contributed by atoms with van der Waals surface area (Å²) in [6.45, 7) is 0. The van der Waals surface area contributed by atoms with Crippen LogP contribution >= 0.6 is 34.5 Å². The summed E-state index contributed by atoms with van der Waals surface area (Å²) in [5.74, 6) is 0.746. The average Bonchev–Trinajstić information content (AvgIpc) is 2.85. The lowest BCUT2D eigenvalue weighted by Crippen LogP contribution is -1.98. The molecule has 0 atom stereocenters. The number of rotatable bonds is 2. The topological polar surface area (TPSA) is 61.0 Å². The number of nitrogen functional groups attached to an aromatic ring is 1. The molecule has 0 spiro atoms. The summed E-state index contributed by atoms with van der Waals surface area (Å²) in [4.78, 5) is 9.31. The van der Waals surface area contributed by atoms with Gasteiger partial charge in [-0.05, 0) is 23.6 Å². The maximum atomic E-state index is 6.31. The molecule has 20 heavy (non-hydrogen) atoms. The summed E-state index contributed by atoms with van der Waals surface area (Å²) in [5.41, 5.74) is 7.08. The molecule has 2 aromatic heterocycles. The van der Waals surface area contributed by atoms with Gasteiger partial charge in [0, 0.05) is 10.4 Å². The Morgan fingerprint density at radius 3 is 2.80 bits per heavy atom. The number of fused-ring (bicyclic) bond motifs is 1. The van der Waals surface area contributed by atoms with Crippen molar-refractivity contribution < 1.29 is 4.74 Å². The molecule has 0 aliphatic heterocycles. The zero-order valence-corrected chi connectivity index (χ0v) is 12.7. The number of benzene rings is 1.